The Kier molecular flexibility index (Phi) is 5.98. The Morgan fingerprint density at radius 1 is 1.43 bits per heavy atom. The van der Waals surface area contributed by atoms with E-state index in [2.05, 4.69) is 10.0 Å². The van der Waals surface area contributed by atoms with Gasteiger partial charge in [-0.25, -0.2) is 8.42 Å². The largest absolute Gasteiger partial charge is 0.495 e. The van der Waals surface area contributed by atoms with Crippen LogP contribution in [0.2, 0.25) is 0 Å². The number of benzene rings is 1. The van der Waals surface area contributed by atoms with E-state index in [1.54, 1.807) is 0 Å². The number of carbonyl (C=O) groups excluding carboxylic acids is 1. The van der Waals surface area contributed by atoms with Crippen LogP contribution >= 0.6 is 0 Å². The Hall–Kier alpha value is -1.80. The highest BCUT2D eigenvalue weighted by Crippen LogP contribution is 2.24. The van der Waals surface area contributed by atoms with Gasteiger partial charge in [0.25, 0.3) is 0 Å². The first-order valence-electron chi connectivity index (χ1n) is 6.55. The van der Waals surface area contributed by atoms with Gasteiger partial charge in [-0.05, 0) is 31.5 Å². The van der Waals surface area contributed by atoms with Crippen molar-refractivity contribution < 1.29 is 17.9 Å². The summed E-state index contributed by atoms with van der Waals surface area (Å²) in [6.45, 7) is 3.89. The quantitative estimate of drug-likeness (QED) is 0.634. The number of carbonyl (C=O) groups is 1. The number of nitrogens with one attached hydrogen (secondary N) is 2. The molecule has 0 aliphatic rings. The van der Waals surface area contributed by atoms with Crippen molar-refractivity contribution in [3.8, 4) is 5.75 Å². The lowest BCUT2D eigenvalue weighted by atomic mass is 10.3. The first-order chi connectivity index (χ1) is 9.81. The number of anilines is 1. The lowest BCUT2D eigenvalue weighted by Gasteiger charge is -2.15. The van der Waals surface area contributed by atoms with Crippen LogP contribution in [0.4, 0.5) is 5.69 Å². The van der Waals surface area contributed by atoms with Crippen molar-refractivity contribution in [3.05, 3.63) is 18.2 Å². The minimum Gasteiger partial charge on any atom is -0.495 e. The Bertz CT molecular complexity index is 601. The number of ether oxygens (including phenoxy) is 1. The van der Waals surface area contributed by atoms with E-state index in [0.717, 1.165) is 6.42 Å². The molecule has 4 N–H and O–H groups in total. The summed E-state index contributed by atoms with van der Waals surface area (Å²) in [5.74, 6) is 0.0181. The molecule has 0 radical (unpaired) electrons. The topological polar surface area (TPSA) is 111 Å². The van der Waals surface area contributed by atoms with Crippen LogP contribution in [0.1, 0.15) is 20.3 Å². The summed E-state index contributed by atoms with van der Waals surface area (Å²) in [7, 11) is -2.38. The first kappa shape index (κ1) is 17.3. The summed E-state index contributed by atoms with van der Waals surface area (Å²) in [4.78, 5) is 11.7. The van der Waals surface area contributed by atoms with Crippen LogP contribution in [0.25, 0.3) is 0 Å². The number of hydrogen-bond acceptors (Lipinski definition) is 5. The highest BCUT2D eigenvalue weighted by atomic mass is 32.2. The number of sulfonamides is 1. The number of rotatable bonds is 7. The molecule has 7 nitrogen and oxygen atoms in total. The smallest absolute Gasteiger partial charge is 0.241 e. The maximum atomic E-state index is 12.2. The summed E-state index contributed by atoms with van der Waals surface area (Å²) in [5.41, 5.74) is 5.90. The number of amides is 1. The van der Waals surface area contributed by atoms with Crippen molar-refractivity contribution in [1.82, 2.24) is 10.0 Å². The standard InChI is InChI=1S/C13H21N3O4S/c1-4-7-15-13(17)9(2)16-21(18,19)10-5-6-12(20-3)11(14)8-10/h5-6,8-9,16H,4,7,14H2,1-3H3,(H,15,17). The van der Waals surface area contributed by atoms with Gasteiger partial charge in [0.15, 0.2) is 0 Å². The van der Waals surface area contributed by atoms with Gasteiger partial charge in [0.2, 0.25) is 15.9 Å². The highest BCUT2D eigenvalue weighted by molar-refractivity contribution is 7.89. The van der Waals surface area contributed by atoms with Crippen LogP contribution in [-0.2, 0) is 14.8 Å². The Labute approximate surface area is 124 Å². The van der Waals surface area contributed by atoms with E-state index in [4.69, 9.17) is 10.5 Å². The molecular weight excluding hydrogens is 294 g/mol. The Balaban J connectivity index is 2.86. The molecule has 0 saturated carbocycles. The van der Waals surface area contributed by atoms with Gasteiger partial charge in [-0.3, -0.25) is 4.79 Å². The molecule has 0 aromatic heterocycles. The van der Waals surface area contributed by atoms with Gasteiger partial charge in [-0.15, -0.1) is 0 Å². The zero-order chi connectivity index (χ0) is 16.0. The number of nitrogen functional groups attached to an aromatic ring is 1. The summed E-state index contributed by atoms with van der Waals surface area (Å²) in [5, 5.41) is 2.63. The molecule has 0 aliphatic heterocycles. The fraction of sp³-hybridized carbons (Fsp3) is 0.462. The van der Waals surface area contributed by atoms with Gasteiger partial charge >= 0.3 is 0 Å². The molecule has 0 bridgehead atoms. The van der Waals surface area contributed by atoms with Crippen molar-refractivity contribution >= 4 is 21.6 Å². The number of nitrogens with two attached hydrogens (primary N) is 1. The molecule has 118 valence electrons. The van der Waals surface area contributed by atoms with Crippen molar-refractivity contribution in [2.75, 3.05) is 19.4 Å². The van der Waals surface area contributed by atoms with E-state index in [9.17, 15) is 13.2 Å². The predicted molar refractivity (Wildman–Crippen MR) is 80.5 cm³/mol. The molecule has 1 rings (SSSR count). The van der Waals surface area contributed by atoms with Crippen LogP contribution in [0, 0.1) is 0 Å². The summed E-state index contributed by atoms with van der Waals surface area (Å²) >= 11 is 0. The van der Waals surface area contributed by atoms with Crippen molar-refractivity contribution in [3.63, 3.8) is 0 Å². The fourth-order valence-electron chi connectivity index (χ4n) is 1.64. The van der Waals surface area contributed by atoms with E-state index in [0.29, 0.717) is 12.3 Å². The molecule has 1 atom stereocenters. The molecule has 0 spiro atoms. The molecule has 0 heterocycles. The third-order valence-corrected chi connectivity index (χ3v) is 4.32. The SMILES string of the molecule is CCCNC(=O)C(C)NS(=O)(=O)c1ccc(OC)c(N)c1. The van der Waals surface area contributed by atoms with Crippen LogP contribution in [0.3, 0.4) is 0 Å². The van der Waals surface area contributed by atoms with E-state index in [1.165, 1.54) is 32.2 Å². The zero-order valence-corrected chi connectivity index (χ0v) is 13.2. The average molecular weight is 315 g/mol. The maximum Gasteiger partial charge on any atom is 0.241 e. The van der Waals surface area contributed by atoms with E-state index in [-0.39, 0.29) is 16.5 Å². The molecule has 1 amide bonds. The lowest BCUT2D eigenvalue weighted by molar-refractivity contribution is -0.122. The second-order valence-corrected chi connectivity index (χ2v) is 6.25. The van der Waals surface area contributed by atoms with Gasteiger partial charge in [0, 0.05) is 6.54 Å². The van der Waals surface area contributed by atoms with Crippen molar-refractivity contribution in [1.29, 1.82) is 0 Å². The molecule has 0 aliphatic carbocycles. The van der Waals surface area contributed by atoms with Gasteiger partial charge in [0.1, 0.15) is 5.75 Å². The van der Waals surface area contributed by atoms with E-state index < -0.39 is 16.1 Å². The van der Waals surface area contributed by atoms with Gasteiger partial charge in [-0.2, -0.15) is 4.72 Å². The number of hydrogen-bond donors (Lipinski definition) is 3. The number of methoxy groups -OCH3 is 1. The molecule has 0 saturated heterocycles. The molecule has 21 heavy (non-hydrogen) atoms. The third kappa shape index (κ3) is 4.61. The van der Waals surface area contributed by atoms with Crippen LogP contribution in [0.15, 0.2) is 23.1 Å². The summed E-state index contributed by atoms with van der Waals surface area (Å²) < 4.78 is 31.7. The summed E-state index contributed by atoms with van der Waals surface area (Å²) in [6, 6.07) is 3.25. The van der Waals surface area contributed by atoms with Crippen molar-refractivity contribution in [2.24, 2.45) is 0 Å². The highest BCUT2D eigenvalue weighted by Gasteiger charge is 2.22. The molecule has 1 aromatic rings. The monoisotopic (exact) mass is 315 g/mol. The molecule has 1 aromatic carbocycles. The molecule has 8 heteroatoms. The first-order valence-corrected chi connectivity index (χ1v) is 8.03. The maximum absolute atomic E-state index is 12.2. The van der Waals surface area contributed by atoms with E-state index in [1.807, 2.05) is 6.92 Å². The van der Waals surface area contributed by atoms with Crippen molar-refractivity contribution in [2.45, 2.75) is 31.2 Å². The minimum absolute atomic E-state index is 0.0176. The second kappa shape index (κ2) is 7.28. The summed E-state index contributed by atoms with van der Waals surface area (Å²) in [6.07, 6.45) is 0.778. The van der Waals surface area contributed by atoms with Gasteiger partial charge in [-0.1, -0.05) is 6.92 Å². The molecular formula is C13H21N3O4S. The fourth-order valence-corrected chi connectivity index (χ4v) is 2.87. The Morgan fingerprint density at radius 3 is 2.62 bits per heavy atom. The minimum atomic E-state index is -3.82. The van der Waals surface area contributed by atoms with Crippen LogP contribution < -0.4 is 20.5 Å². The Morgan fingerprint density at radius 2 is 2.10 bits per heavy atom. The van der Waals surface area contributed by atoms with Gasteiger partial charge < -0.3 is 15.8 Å². The normalized spacial score (nSPS) is 12.7. The third-order valence-electron chi connectivity index (χ3n) is 2.79. The average Bonchev–Trinajstić information content (AvgIpc) is 2.44. The molecule has 1 unspecified atom stereocenters. The van der Waals surface area contributed by atoms with Crippen LogP contribution in [-0.4, -0.2) is 34.0 Å². The van der Waals surface area contributed by atoms with E-state index >= 15 is 0 Å². The van der Waals surface area contributed by atoms with Gasteiger partial charge in [0.05, 0.1) is 23.7 Å². The molecule has 0 fully saturated rings. The van der Waals surface area contributed by atoms with Crippen LogP contribution in [0.5, 0.6) is 5.75 Å². The predicted octanol–water partition coefficient (Wildman–Crippen LogP) is 0.470. The zero-order valence-electron chi connectivity index (χ0n) is 12.3. The lowest BCUT2D eigenvalue weighted by Crippen LogP contribution is -2.44. The second-order valence-electron chi connectivity index (χ2n) is 4.54.